The Labute approximate surface area is 205 Å². The predicted octanol–water partition coefficient (Wildman–Crippen LogP) is 5.98. The van der Waals surface area contributed by atoms with Crippen LogP contribution in [0.15, 0.2) is 70.7 Å². The van der Waals surface area contributed by atoms with Crippen molar-refractivity contribution in [1.82, 2.24) is 5.32 Å². The van der Waals surface area contributed by atoms with Gasteiger partial charge < -0.3 is 0 Å². The number of urea groups is 1. The molecule has 7 heteroatoms. The molecular formula is C26H20BrClN2O3. The Kier molecular flexibility index (Phi) is 6.49. The number of anilines is 1. The summed E-state index contributed by atoms with van der Waals surface area (Å²) in [4.78, 5) is 39.5. The standard InChI is InChI=1S/C26H20BrClN2O3/c1-15-7-10-21(11-16(15)2)30-25(32)22(24(31)29-26(30)33)14-19-13-20(27)9-8-17(19)12-18-5-3-4-6-23(18)28/h3-11,13-14H,12H2,1-2H3,(H,29,31,33)/b22-14+. The van der Waals surface area contributed by atoms with Gasteiger partial charge in [0.05, 0.1) is 5.69 Å². The first-order valence-electron chi connectivity index (χ1n) is 10.2. The monoisotopic (exact) mass is 522 g/mol. The van der Waals surface area contributed by atoms with Crippen LogP contribution in [0.5, 0.6) is 0 Å². The minimum absolute atomic E-state index is 0.119. The molecule has 4 rings (SSSR count). The van der Waals surface area contributed by atoms with E-state index in [-0.39, 0.29) is 5.57 Å². The van der Waals surface area contributed by atoms with Crippen LogP contribution in [0.4, 0.5) is 10.5 Å². The second-order valence-electron chi connectivity index (χ2n) is 7.84. The van der Waals surface area contributed by atoms with E-state index in [1.807, 2.05) is 62.4 Å². The molecule has 0 spiro atoms. The van der Waals surface area contributed by atoms with Crippen LogP contribution in [0.2, 0.25) is 5.02 Å². The average molecular weight is 524 g/mol. The summed E-state index contributed by atoms with van der Waals surface area (Å²) < 4.78 is 0.794. The van der Waals surface area contributed by atoms with Crippen molar-refractivity contribution >= 4 is 57.1 Å². The molecule has 4 amide bonds. The first kappa shape index (κ1) is 23.0. The van der Waals surface area contributed by atoms with Crippen LogP contribution in [-0.2, 0) is 16.0 Å². The molecule has 0 unspecified atom stereocenters. The number of nitrogens with zero attached hydrogens (tertiary/aromatic N) is 1. The molecule has 0 atom stereocenters. The summed E-state index contributed by atoms with van der Waals surface area (Å²) in [5, 5.41) is 2.92. The van der Waals surface area contributed by atoms with E-state index in [9.17, 15) is 14.4 Å². The molecule has 1 N–H and O–H groups in total. The lowest BCUT2D eigenvalue weighted by Crippen LogP contribution is -2.54. The molecule has 3 aromatic carbocycles. The second kappa shape index (κ2) is 9.33. The van der Waals surface area contributed by atoms with Crippen LogP contribution in [-0.4, -0.2) is 17.8 Å². The van der Waals surface area contributed by atoms with Crippen molar-refractivity contribution in [3.8, 4) is 0 Å². The van der Waals surface area contributed by atoms with E-state index in [4.69, 9.17) is 11.6 Å². The van der Waals surface area contributed by atoms with Gasteiger partial charge in [0.15, 0.2) is 0 Å². The van der Waals surface area contributed by atoms with E-state index in [1.54, 1.807) is 12.1 Å². The summed E-state index contributed by atoms with van der Waals surface area (Å²) in [7, 11) is 0. The Morgan fingerprint density at radius 2 is 1.70 bits per heavy atom. The number of aryl methyl sites for hydroxylation is 2. The fraction of sp³-hybridized carbons (Fsp3) is 0.115. The number of hydrogen-bond donors (Lipinski definition) is 1. The molecule has 1 aliphatic heterocycles. The molecule has 33 heavy (non-hydrogen) atoms. The number of benzene rings is 3. The highest BCUT2D eigenvalue weighted by Gasteiger charge is 2.37. The smallest absolute Gasteiger partial charge is 0.273 e. The van der Waals surface area contributed by atoms with E-state index < -0.39 is 17.8 Å². The van der Waals surface area contributed by atoms with Gasteiger partial charge in [0.25, 0.3) is 11.8 Å². The lowest BCUT2D eigenvalue weighted by atomic mass is 9.97. The van der Waals surface area contributed by atoms with Crippen molar-refractivity contribution in [3.63, 3.8) is 0 Å². The summed E-state index contributed by atoms with van der Waals surface area (Å²) in [6, 6.07) is 17.7. The minimum Gasteiger partial charge on any atom is -0.273 e. The van der Waals surface area contributed by atoms with Crippen molar-refractivity contribution in [2.24, 2.45) is 0 Å². The topological polar surface area (TPSA) is 66.5 Å². The molecule has 1 saturated heterocycles. The molecule has 1 heterocycles. The van der Waals surface area contributed by atoms with E-state index in [0.717, 1.165) is 31.6 Å². The van der Waals surface area contributed by atoms with Crippen LogP contribution in [0.25, 0.3) is 6.08 Å². The van der Waals surface area contributed by atoms with Gasteiger partial charge in [-0.15, -0.1) is 0 Å². The Morgan fingerprint density at radius 3 is 2.42 bits per heavy atom. The number of halogens is 2. The number of carbonyl (C=O) groups is 3. The van der Waals surface area contributed by atoms with Crippen molar-refractivity contribution in [2.75, 3.05) is 4.90 Å². The van der Waals surface area contributed by atoms with Gasteiger partial charge in [0.1, 0.15) is 5.57 Å². The minimum atomic E-state index is -0.768. The Morgan fingerprint density at radius 1 is 0.939 bits per heavy atom. The summed E-state index contributed by atoms with van der Waals surface area (Å²) >= 11 is 9.79. The van der Waals surface area contributed by atoms with Gasteiger partial charge in [0, 0.05) is 9.50 Å². The van der Waals surface area contributed by atoms with Crippen molar-refractivity contribution < 1.29 is 14.4 Å². The number of hydrogen-bond acceptors (Lipinski definition) is 3. The average Bonchev–Trinajstić information content (AvgIpc) is 2.76. The highest BCUT2D eigenvalue weighted by atomic mass is 79.9. The summed E-state index contributed by atoms with van der Waals surface area (Å²) in [6.45, 7) is 3.84. The lowest BCUT2D eigenvalue weighted by Gasteiger charge is -2.27. The molecule has 1 aliphatic rings. The molecule has 0 aromatic heterocycles. The maximum atomic E-state index is 13.3. The maximum Gasteiger partial charge on any atom is 0.335 e. The van der Waals surface area contributed by atoms with Gasteiger partial charge in [-0.2, -0.15) is 0 Å². The van der Waals surface area contributed by atoms with Gasteiger partial charge in [-0.25, -0.2) is 9.69 Å². The van der Waals surface area contributed by atoms with Gasteiger partial charge in [0.2, 0.25) is 0 Å². The summed E-state index contributed by atoms with van der Waals surface area (Å²) in [5.41, 5.74) is 4.74. The number of rotatable bonds is 4. The molecule has 0 bridgehead atoms. The van der Waals surface area contributed by atoms with Crippen molar-refractivity contribution in [2.45, 2.75) is 20.3 Å². The Bertz CT molecular complexity index is 1330. The Balaban J connectivity index is 1.76. The quantitative estimate of drug-likeness (QED) is 0.338. The van der Waals surface area contributed by atoms with E-state index in [1.165, 1.54) is 6.08 Å². The van der Waals surface area contributed by atoms with Gasteiger partial charge in [-0.3, -0.25) is 14.9 Å². The normalized spacial score (nSPS) is 15.2. The van der Waals surface area contributed by atoms with Crippen LogP contribution < -0.4 is 10.2 Å². The summed E-state index contributed by atoms with van der Waals surface area (Å²) in [5.74, 6) is -1.40. The number of imide groups is 2. The SMILES string of the molecule is Cc1ccc(N2C(=O)NC(=O)/C(=C\c3cc(Br)ccc3Cc3ccccc3Cl)C2=O)cc1C. The van der Waals surface area contributed by atoms with Crippen LogP contribution in [0.1, 0.15) is 27.8 Å². The zero-order chi connectivity index (χ0) is 23.7. The van der Waals surface area contributed by atoms with E-state index in [2.05, 4.69) is 21.2 Å². The highest BCUT2D eigenvalue weighted by Crippen LogP contribution is 2.28. The molecule has 5 nitrogen and oxygen atoms in total. The number of barbiturate groups is 1. The van der Waals surface area contributed by atoms with Gasteiger partial charge in [-0.05, 0) is 84.5 Å². The molecule has 3 aromatic rings. The lowest BCUT2D eigenvalue weighted by molar-refractivity contribution is -0.122. The van der Waals surface area contributed by atoms with E-state index >= 15 is 0 Å². The van der Waals surface area contributed by atoms with E-state index in [0.29, 0.717) is 22.7 Å². The van der Waals surface area contributed by atoms with Crippen molar-refractivity contribution in [1.29, 1.82) is 0 Å². The zero-order valence-corrected chi connectivity index (χ0v) is 20.3. The number of nitrogens with one attached hydrogen (secondary N) is 1. The largest absolute Gasteiger partial charge is 0.335 e. The number of amides is 4. The summed E-state index contributed by atoms with van der Waals surface area (Å²) in [6.07, 6.45) is 2.04. The zero-order valence-electron chi connectivity index (χ0n) is 18.0. The van der Waals surface area contributed by atoms with Crippen LogP contribution in [0, 0.1) is 13.8 Å². The molecule has 0 saturated carbocycles. The second-order valence-corrected chi connectivity index (χ2v) is 9.16. The fourth-order valence-electron chi connectivity index (χ4n) is 3.62. The Hall–Kier alpha value is -3.22. The molecule has 166 valence electrons. The molecular weight excluding hydrogens is 504 g/mol. The third kappa shape index (κ3) is 4.77. The molecule has 0 radical (unpaired) electrons. The highest BCUT2D eigenvalue weighted by molar-refractivity contribution is 9.10. The van der Waals surface area contributed by atoms with Crippen molar-refractivity contribution in [3.05, 3.63) is 104 Å². The van der Waals surface area contributed by atoms with Crippen LogP contribution >= 0.6 is 27.5 Å². The maximum absolute atomic E-state index is 13.3. The third-order valence-electron chi connectivity index (χ3n) is 5.60. The first-order chi connectivity index (χ1) is 15.7. The molecule has 0 aliphatic carbocycles. The predicted molar refractivity (Wildman–Crippen MR) is 133 cm³/mol. The number of carbonyl (C=O) groups excluding carboxylic acids is 3. The molecule has 1 fully saturated rings. The first-order valence-corrected chi connectivity index (χ1v) is 11.4. The third-order valence-corrected chi connectivity index (χ3v) is 6.46. The van der Waals surface area contributed by atoms with Gasteiger partial charge in [-0.1, -0.05) is 57.9 Å². The van der Waals surface area contributed by atoms with Crippen LogP contribution in [0.3, 0.4) is 0 Å². The fourth-order valence-corrected chi connectivity index (χ4v) is 4.20. The van der Waals surface area contributed by atoms with Gasteiger partial charge >= 0.3 is 6.03 Å².